The lowest BCUT2D eigenvalue weighted by atomic mass is 10.4. The van der Waals surface area contributed by atoms with Crippen molar-refractivity contribution >= 4 is 39.4 Å². The van der Waals surface area contributed by atoms with Gasteiger partial charge >= 0.3 is 5.97 Å². The molecule has 0 atom stereocenters. The van der Waals surface area contributed by atoms with E-state index in [-0.39, 0.29) is 5.97 Å². The smallest absolute Gasteiger partial charge is 0.355 e. The number of fused-ring (bicyclic) bond motifs is 1. The zero-order valence-electron chi connectivity index (χ0n) is 10.3. The fourth-order valence-electron chi connectivity index (χ4n) is 2.03. The molecule has 0 spiro atoms. The van der Waals surface area contributed by atoms with E-state index >= 15 is 0 Å². The Morgan fingerprint density at radius 3 is 3.06 bits per heavy atom. The zero-order chi connectivity index (χ0) is 12.7. The van der Waals surface area contributed by atoms with Crippen LogP contribution < -0.4 is 0 Å². The molecule has 2 heterocycles. The van der Waals surface area contributed by atoms with Gasteiger partial charge in [-0.05, 0) is 32.1 Å². The van der Waals surface area contributed by atoms with Crippen molar-refractivity contribution in [2.45, 2.75) is 30.1 Å². The highest BCUT2D eigenvalue weighted by molar-refractivity contribution is 8.00. The first kappa shape index (κ1) is 12.0. The van der Waals surface area contributed by atoms with E-state index in [1.807, 2.05) is 19.2 Å². The van der Waals surface area contributed by atoms with E-state index in [2.05, 4.69) is 9.55 Å². The summed E-state index contributed by atoms with van der Waals surface area (Å²) in [6, 6.07) is 2.35. The molecule has 96 valence electrons. The molecule has 0 unspecified atom stereocenters. The second-order valence-electron chi connectivity index (χ2n) is 4.22. The molecule has 0 saturated heterocycles. The quantitative estimate of drug-likeness (QED) is 0.637. The Morgan fingerprint density at radius 2 is 2.44 bits per heavy atom. The summed E-state index contributed by atoms with van der Waals surface area (Å²) >= 11 is 3.28. The van der Waals surface area contributed by atoms with Crippen molar-refractivity contribution in [1.82, 2.24) is 9.55 Å². The lowest BCUT2D eigenvalue weighted by Gasteiger charge is -2.07. The van der Waals surface area contributed by atoms with Gasteiger partial charge in [0.05, 0.1) is 11.3 Å². The second kappa shape index (κ2) is 4.59. The van der Waals surface area contributed by atoms with Gasteiger partial charge in [-0.25, -0.2) is 9.78 Å². The Hall–Kier alpha value is -1.01. The van der Waals surface area contributed by atoms with Gasteiger partial charge in [-0.15, -0.1) is 11.3 Å². The minimum Gasteiger partial charge on any atom is -0.461 e. The van der Waals surface area contributed by atoms with Gasteiger partial charge in [0, 0.05) is 6.04 Å². The number of ether oxygens (including phenoxy) is 1. The van der Waals surface area contributed by atoms with Crippen molar-refractivity contribution in [3.05, 3.63) is 11.8 Å². The first-order valence-electron chi connectivity index (χ1n) is 5.97. The summed E-state index contributed by atoms with van der Waals surface area (Å²) in [6.07, 6.45) is 4.27. The van der Waals surface area contributed by atoms with Gasteiger partial charge in [0.15, 0.2) is 9.99 Å². The summed E-state index contributed by atoms with van der Waals surface area (Å²) in [6.45, 7) is 2.24. The van der Waals surface area contributed by atoms with Gasteiger partial charge in [0.25, 0.3) is 0 Å². The number of thioether (sulfide) groups is 1. The monoisotopic (exact) mass is 282 g/mol. The topological polar surface area (TPSA) is 44.1 Å². The van der Waals surface area contributed by atoms with Gasteiger partial charge in [-0.1, -0.05) is 11.8 Å². The van der Waals surface area contributed by atoms with E-state index in [0.29, 0.717) is 18.3 Å². The van der Waals surface area contributed by atoms with E-state index in [4.69, 9.17) is 4.74 Å². The molecule has 2 aromatic heterocycles. The Labute approximate surface area is 113 Å². The fourth-order valence-corrected chi connectivity index (χ4v) is 3.54. The minimum absolute atomic E-state index is 0.236. The zero-order valence-corrected chi connectivity index (χ0v) is 11.9. The van der Waals surface area contributed by atoms with Crippen LogP contribution in [0.15, 0.2) is 10.4 Å². The fraction of sp³-hybridized carbons (Fsp3) is 0.500. The molecular formula is C12H14N2O2S2. The molecule has 0 aliphatic heterocycles. The molecule has 1 aliphatic rings. The van der Waals surface area contributed by atoms with Crippen LogP contribution in [0, 0.1) is 0 Å². The number of carbonyl (C=O) groups is 1. The van der Waals surface area contributed by atoms with Gasteiger partial charge in [0.2, 0.25) is 0 Å². The molecule has 0 bridgehead atoms. The second-order valence-corrected chi connectivity index (χ2v) is 6.31. The Balaban J connectivity index is 2.10. The molecule has 0 aromatic carbocycles. The molecule has 0 radical (unpaired) electrons. The van der Waals surface area contributed by atoms with Gasteiger partial charge in [-0.3, -0.25) is 0 Å². The van der Waals surface area contributed by atoms with Crippen LogP contribution in [0.2, 0.25) is 0 Å². The van der Waals surface area contributed by atoms with Crippen LogP contribution in [0.1, 0.15) is 36.3 Å². The highest BCUT2D eigenvalue weighted by Gasteiger charge is 2.31. The van der Waals surface area contributed by atoms with Gasteiger partial charge < -0.3 is 9.30 Å². The van der Waals surface area contributed by atoms with Crippen LogP contribution in [0.5, 0.6) is 0 Å². The lowest BCUT2D eigenvalue weighted by molar-refractivity contribution is 0.0514. The first-order valence-corrected chi connectivity index (χ1v) is 8.01. The van der Waals surface area contributed by atoms with E-state index in [1.165, 1.54) is 0 Å². The summed E-state index contributed by atoms with van der Waals surface area (Å²) < 4.78 is 9.30. The summed E-state index contributed by atoms with van der Waals surface area (Å²) in [4.78, 5) is 16.5. The molecule has 4 nitrogen and oxygen atoms in total. The summed E-state index contributed by atoms with van der Waals surface area (Å²) in [5.41, 5.74) is 1.59. The van der Waals surface area contributed by atoms with Crippen molar-refractivity contribution in [1.29, 1.82) is 0 Å². The number of hydrogen-bond donors (Lipinski definition) is 0. The number of aromatic nitrogens is 2. The SMILES string of the molecule is CCOC(=O)c1cc2sc(SC)nc2n1C1CC1. The number of rotatable bonds is 4. The third-order valence-electron chi connectivity index (χ3n) is 2.94. The third-order valence-corrected chi connectivity index (χ3v) is 4.92. The average Bonchev–Trinajstić information content (AvgIpc) is 3.01. The maximum absolute atomic E-state index is 11.9. The van der Waals surface area contributed by atoms with Crippen LogP contribution in [-0.4, -0.2) is 28.4 Å². The van der Waals surface area contributed by atoms with Crippen LogP contribution in [0.25, 0.3) is 10.3 Å². The van der Waals surface area contributed by atoms with Crippen molar-refractivity contribution in [2.24, 2.45) is 0 Å². The molecular weight excluding hydrogens is 268 g/mol. The summed E-state index contributed by atoms with van der Waals surface area (Å²) in [5, 5.41) is 0. The van der Waals surface area contributed by atoms with Crippen molar-refractivity contribution in [3.8, 4) is 0 Å². The van der Waals surface area contributed by atoms with Crippen LogP contribution >= 0.6 is 23.1 Å². The van der Waals surface area contributed by atoms with E-state index < -0.39 is 0 Å². The predicted octanol–water partition coefficient (Wildman–Crippen LogP) is 3.33. The Bertz CT molecular complexity index is 599. The van der Waals surface area contributed by atoms with Crippen molar-refractivity contribution < 1.29 is 9.53 Å². The van der Waals surface area contributed by atoms with Crippen LogP contribution in [0.3, 0.4) is 0 Å². The van der Waals surface area contributed by atoms with Crippen LogP contribution in [-0.2, 0) is 4.74 Å². The summed E-state index contributed by atoms with van der Waals surface area (Å²) in [5.74, 6) is -0.236. The lowest BCUT2D eigenvalue weighted by Crippen LogP contribution is -2.11. The molecule has 1 aliphatic carbocycles. The number of nitrogens with zero attached hydrogens (tertiary/aromatic N) is 2. The number of thiazole rings is 1. The Kier molecular flexibility index (Phi) is 3.07. The molecule has 3 rings (SSSR count). The van der Waals surface area contributed by atoms with E-state index in [1.54, 1.807) is 23.1 Å². The standard InChI is InChI=1S/C12H14N2O2S2/c1-3-16-11(15)8-6-9-10(13-12(17-2)18-9)14(8)7-4-5-7/h6-7H,3-5H2,1-2H3. The highest BCUT2D eigenvalue weighted by atomic mass is 32.2. The van der Waals surface area contributed by atoms with E-state index in [0.717, 1.165) is 27.5 Å². The molecule has 18 heavy (non-hydrogen) atoms. The van der Waals surface area contributed by atoms with E-state index in [9.17, 15) is 4.79 Å². The number of hydrogen-bond acceptors (Lipinski definition) is 5. The Morgan fingerprint density at radius 1 is 1.67 bits per heavy atom. The van der Waals surface area contributed by atoms with Crippen LogP contribution in [0.4, 0.5) is 0 Å². The molecule has 1 saturated carbocycles. The third kappa shape index (κ3) is 1.93. The maximum Gasteiger partial charge on any atom is 0.355 e. The molecule has 6 heteroatoms. The highest BCUT2D eigenvalue weighted by Crippen LogP contribution is 2.41. The normalized spacial score (nSPS) is 15.2. The average molecular weight is 282 g/mol. The molecule has 0 N–H and O–H groups in total. The largest absolute Gasteiger partial charge is 0.461 e. The summed E-state index contributed by atoms with van der Waals surface area (Å²) in [7, 11) is 0. The maximum atomic E-state index is 11.9. The first-order chi connectivity index (χ1) is 8.74. The van der Waals surface area contributed by atoms with Gasteiger partial charge in [0.1, 0.15) is 5.69 Å². The number of esters is 1. The molecule has 1 fully saturated rings. The van der Waals surface area contributed by atoms with Crippen molar-refractivity contribution in [2.75, 3.05) is 12.9 Å². The molecule has 0 amide bonds. The van der Waals surface area contributed by atoms with Crippen molar-refractivity contribution in [3.63, 3.8) is 0 Å². The predicted molar refractivity (Wildman–Crippen MR) is 73.6 cm³/mol. The van der Waals surface area contributed by atoms with Gasteiger partial charge in [-0.2, -0.15) is 0 Å². The minimum atomic E-state index is -0.236. The number of carbonyl (C=O) groups excluding carboxylic acids is 1. The molecule has 2 aromatic rings.